The SMILES string of the molecule is O=C(CN(CCN(C(=O)O)C(=O)O)CCN(C(=O)O)C(=O)O)NC1C(O)OC(CO)C(O)C1O.[99Tc]. The molecule has 0 aromatic carbocycles. The molecule has 18 nitrogen and oxygen atoms in total. The predicted octanol–water partition coefficient (Wildman–Crippen LogP) is -3.48. The predicted molar refractivity (Wildman–Crippen MR) is 104 cm³/mol. The Kier molecular flexibility index (Phi) is 13.6. The van der Waals surface area contributed by atoms with Crippen molar-refractivity contribution in [3.8, 4) is 0 Å². The summed E-state index contributed by atoms with van der Waals surface area (Å²) in [6, 6.07) is -1.56. The zero-order valence-electron chi connectivity index (χ0n) is 17.9. The Balaban J connectivity index is 0.0000116. The van der Waals surface area contributed by atoms with Crippen LogP contribution in [0.1, 0.15) is 0 Å². The number of carbonyl (C=O) groups is 5. The van der Waals surface area contributed by atoms with Gasteiger partial charge in [-0.2, -0.15) is 0 Å². The first-order valence-electron chi connectivity index (χ1n) is 9.59. The van der Waals surface area contributed by atoms with Gasteiger partial charge in [0.25, 0.3) is 0 Å². The second-order valence-electron chi connectivity index (χ2n) is 7.03. The van der Waals surface area contributed by atoms with Crippen molar-refractivity contribution in [2.75, 3.05) is 39.3 Å². The second-order valence-corrected chi connectivity index (χ2v) is 7.03. The summed E-state index contributed by atoms with van der Waals surface area (Å²) in [7, 11) is 0. The van der Waals surface area contributed by atoms with E-state index in [2.05, 4.69) is 5.32 Å². The van der Waals surface area contributed by atoms with Crippen molar-refractivity contribution >= 4 is 30.3 Å². The van der Waals surface area contributed by atoms with E-state index >= 15 is 0 Å². The van der Waals surface area contributed by atoms with E-state index in [1.165, 1.54) is 0 Å². The molecule has 0 aliphatic carbocycles. The number of hydrogen-bond donors (Lipinski definition) is 9. The fourth-order valence-corrected chi connectivity index (χ4v) is 2.99. The van der Waals surface area contributed by atoms with E-state index in [1.54, 1.807) is 0 Å². The van der Waals surface area contributed by atoms with Crippen molar-refractivity contribution in [1.82, 2.24) is 20.0 Å². The summed E-state index contributed by atoms with van der Waals surface area (Å²) < 4.78 is 4.89. The molecule has 5 unspecified atom stereocenters. The number of rotatable bonds is 10. The molecule has 0 aromatic heterocycles. The Morgan fingerprint density at radius 3 is 1.54 bits per heavy atom. The molecule has 35 heavy (non-hydrogen) atoms. The molecule has 19 heteroatoms. The van der Waals surface area contributed by atoms with Crippen molar-refractivity contribution in [2.45, 2.75) is 30.6 Å². The first kappa shape index (κ1) is 32.4. The molecule has 9 N–H and O–H groups in total. The molecule has 1 aliphatic rings. The summed E-state index contributed by atoms with van der Waals surface area (Å²) in [5, 5.41) is 76.8. The van der Waals surface area contributed by atoms with Crippen LogP contribution < -0.4 is 5.32 Å². The normalized spacial score (nSPS) is 23.6. The van der Waals surface area contributed by atoms with Gasteiger partial charge in [0.1, 0.15) is 24.4 Å². The van der Waals surface area contributed by atoms with Crippen LogP contribution >= 0.6 is 0 Å². The molecule has 1 heterocycles. The van der Waals surface area contributed by atoms with Crippen LogP contribution in [0.4, 0.5) is 19.2 Å². The van der Waals surface area contributed by atoms with Crippen molar-refractivity contribution in [2.24, 2.45) is 0 Å². The number of hydrogen-bond acceptors (Lipinski definition) is 11. The van der Waals surface area contributed by atoms with Crippen LogP contribution in [0.2, 0.25) is 0 Å². The Bertz CT molecular complexity index is 709. The molecule has 201 valence electrons. The number of amides is 5. The minimum Gasteiger partial charge on any atom is -0.465 e. The van der Waals surface area contributed by atoms with Gasteiger partial charge in [-0.3, -0.25) is 9.69 Å². The molecule has 1 radical (unpaired) electrons. The van der Waals surface area contributed by atoms with Gasteiger partial charge in [0, 0.05) is 46.3 Å². The Morgan fingerprint density at radius 2 is 1.17 bits per heavy atom. The van der Waals surface area contributed by atoms with Crippen LogP contribution in [-0.4, -0.2) is 156 Å². The zero-order chi connectivity index (χ0) is 26.2. The Hall–Kier alpha value is -2.64. The number of carboxylic acid groups (broad SMARTS) is 4. The number of nitrogens with zero attached hydrogens (tertiary/aromatic N) is 3. The van der Waals surface area contributed by atoms with Crippen molar-refractivity contribution in [1.29, 1.82) is 0 Å². The number of aliphatic hydroxyl groups excluding tert-OH is 4. The molecular weight excluding hydrogens is 571 g/mol. The fraction of sp³-hybridized carbons (Fsp3) is 0.688. The van der Waals surface area contributed by atoms with Crippen LogP contribution in [0.3, 0.4) is 0 Å². The third-order valence-electron chi connectivity index (χ3n) is 4.80. The summed E-state index contributed by atoms with van der Waals surface area (Å²) in [6.45, 7) is -3.71. The molecule has 0 saturated carbocycles. The maximum absolute atomic E-state index is 12.4. The van der Waals surface area contributed by atoms with Gasteiger partial charge in [-0.25, -0.2) is 29.0 Å². The van der Waals surface area contributed by atoms with E-state index in [4.69, 9.17) is 30.3 Å². The summed E-state index contributed by atoms with van der Waals surface area (Å²) in [4.78, 5) is 57.5. The van der Waals surface area contributed by atoms with Gasteiger partial charge in [-0.15, -0.1) is 0 Å². The standard InChI is InChI=1S/C16H26N4O14.Tc/c21-6-7-10(23)11(24)9(12(25)34-7)17-8(22)5-18(1-3-19(13(26)27)14(28)29)2-4-20(15(30)31)16(32)33;/h7,9-12,21,23-25H,1-6H2,(H,17,22)(H,26,27)(H,28,29)(H,30,31)(H,32,33);/i;1+1. The van der Waals surface area contributed by atoms with E-state index in [0.29, 0.717) is 0 Å². The molecule has 0 aromatic rings. The number of nitrogens with one attached hydrogen (secondary N) is 1. The summed E-state index contributed by atoms with van der Waals surface area (Å²) in [5.41, 5.74) is 0. The minimum atomic E-state index is -1.84. The van der Waals surface area contributed by atoms with E-state index < -0.39 is 100 Å². The van der Waals surface area contributed by atoms with Crippen molar-refractivity contribution < 1.29 is 89.7 Å². The van der Waals surface area contributed by atoms with E-state index in [0.717, 1.165) is 4.90 Å². The number of imide groups is 2. The third kappa shape index (κ3) is 9.49. The molecule has 1 rings (SSSR count). The Morgan fingerprint density at radius 1 is 0.743 bits per heavy atom. The van der Waals surface area contributed by atoms with Gasteiger partial charge < -0.3 is 50.9 Å². The summed E-state index contributed by atoms with van der Waals surface area (Å²) in [6.07, 6.45) is -13.9. The van der Waals surface area contributed by atoms with Gasteiger partial charge in [-0.1, -0.05) is 0 Å². The average molecular weight is 597 g/mol. The summed E-state index contributed by atoms with van der Waals surface area (Å²) in [5.74, 6) is -0.962. The van der Waals surface area contributed by atoms with Crippen LogP contribution in [0.5, 0.6) is 0 Å². The van der Waals surface area contributed by atoms with Crippen LogP contribution in [0.25, 0.3) is 0 Å². The smallest absolute Gasteiger partial charge is 0.416 e. The van der Waals surface area contributed by atoms with Gasteiger partial charge >= 0.3 is 24.4 Å². The topological polar surface area (TPSA) is 278 Å². The molecule has 0 spiro atoms. The third-order valence-corrected chi connectivity index (χ3v) is 4.80. The monoisotopic (exact) mass is 597 g/mol. The largest absolute Gasteiger partial charge is 0.465 e. The van der Waals surface area contributed by atoms with Crippen molar-refractivity contribution in [3.05, 3.63) is 0 Å². The van der Waals surface area contributed by atoms with Gasteiger partial charge in [-0.05, 0) is 0 Å². The maximum atomic E-state index is 12.4. The fourth-order valence-electron chi connectivity index (χ4n) is 2.99. The molecule has 0 bridgehead atoms. The Labute approximate surface area is 210 Å². The first-order valence-corrected chi connectivity index (χ1v) is 9.59. The number of carbonyl (C=O) groups excluding carboxylic acids is 1. The molecule has 1 aliphatic heterocycles. The van der Waals surface area contributed by atoms with Crippen molar-refractivity contribution in [3.63, 3.8) is 0 Å². The average Bonchev–Trinajstić information content (AvgIpc) is 2.72. The molecular formula is C16H26N4O14Tc. The molecule has 1 fully saturated rings. The zero-order valence-corrected chi connectivity index (χ0v) is 19.7. The van der Waals surface area contributed by atoms with E-state index in [1.807, 2.05) is 0 Å². The van der Waals surface area contributed by atoms with Gasteiger partial charge in [0.2, 0.25) is 5.91 Å². The first-order chi connectivity index (χ1) is 15.8. The quantitative estimate of drug-likeness (QED) is 0.118. The van der Waals surface area contributed by atoms with Gasteiger partial charge in [0.15, 0.2) is 6.29 Å². The van der Waals surface area contributed by atoms with Crippen LogP contribution in [0.15, 0.2) is 0 Å². The minimum absolute atomic E-state index is 0. The van der Waals surface area contributed by atoms with E-state index in [9.17, 15) is 39.3 Å². The van der Waals surface area contributed by atoms with Crippen LogP contribution in [-0.2, 0) is 29.6 Å². The summed E-state index contributed by atoms with van der Waals surface area (Å²) >= 11 is 0. The van der Waals surface area contributed by atoms with Crippen LogP contribution in [0, 0.1) is 0 Å². The number of aliphatic hydroxyl groups is 4. The second kappa shape index (κ2) is 14.7. The van der Waals surface area contributed by atoms with Gasteiger partial charge in [0.05, 0.1) is 13.2 Å². The molecule has 5 amide bonds. The molecule has 1 saturated heterocycles. The van der Waals surface area contributed by atoms with E-state index in [-0.39, 0.29) is 29.9 Å². The number of ether oxygens (including phenoxy) is 1. The maximum Gasteiger partial charge on any atom is 0.416 e. The molecule has 5 atom stereocenters.